The average Bonchev–Trinajstić information content (AvgIpc) is 3.25. The fraction of sp³-hybridized carbons (Fsp3) is 0.647. The highest BCUT2D eigenvalue weighted by atomic mass is 79.9. The number of anilines is 1. The number of halogens is 1. The minimum Gasteiger partial charge on any atom is -0.369 e. The van der Waals surface area contributed by atoms with Gasteiger partial charge in [-0.25, -0.2) is 0 Å². The number of nitrogens with zero attached hydrogens (tertiary/aromatic N) is 1. The Bertz CT molecular complexity index is 456. The van der Waals surface area contributed by atoms with Gasteiger partial charge in [0.2, 0.25) is 0 Å². The molecule has 3 rings (SSSR count). The molecule has 20 heavy (non-hydrogen) atoms. The molecule has 1 N–H and O–H groups in total. The minimum absolute atomic E-state index is 0.665. The van der Waals surface area contributed by atoms with E-state index in [1.165, 1.54) is 60.8 Å². The summed E-state index contributed by atoms with van der Waals surface area (Å²) in [6, 6.07) is 8.22. The van der Waals surface area contributed by atoms with Gasteiger partial charge in [0.1, 0.15) is 0 Å². The monoisotopic (exact) mass is 336 g/mol. The number of hydrogen-bond acceptors (Lipinski definition) is 2. The van der Waals surface area contributed by atoms with Gasteiger partial charge in [0.15, 0.2) is 0 Å². The van der Waals surface area contributed by atoms with E-state index in [0.29, 0.717) is 6.04 Å². The van der Waals surface area contributed by atoms with Gasteiger partial charge in [-0.3, -0.25) is 0 Å². The van der Waals surface area contributed by atoms with E-state index in [9.17, 15) is 0 Å². The summed E-state index contributed by atoms with van der Waals surface area (Å²) in [5, 5.41) is 3.66. The van der Waals surface area contributed by atoms with E-state index in [1.54, 1.807) is 0 Å². The van der Waals surface area contributed by atoms with Crippen LogP contribution in [0.15, 0.2) is 22.7 Å². The van der Waals surface area contributed by atoms with E-state index in [4.69, 9.17) is 0 Å². The Balaban J connectivity index is 1.81. The molecular formula is C17H25BrN2. The summed E-state index contributed by atoms with van der Waals surface area (Å²) in [4.78, 5) is 2.63. The van der Waals surface area contributed by atoms with Crippen molar-refractivity contribution in [2.24, 2.45) is 0 Å². The van der Waals surface area contributed by atoms with Crippen molar-refractivity contribution in [1.29, 1.82) is 0 Å². The fourth-order valence-corrected chi connectivity index (χ4v) is 3.56. The molecule has 0 spiro atoms. The van der Waals surface area contributed by atoms with Crippen molar-refractivity contribution < 1.29 is 0 Å². The summed E-state index contributed by atoms with van der Waals surface area (Å²) in [6.07, 6.45) is 8.12. The molecule has 1 atom stereocenters. The van der Waals surface area contributed by atoms with Crippen LogP contribution >= 0.6 is 15.9 Å². The highest BCUT2D eigenvalue weighted by Crippen LogP contribution is 2.30. The molecule has 1 aromatic rings. The number of benzene rings is 1. The Morgan fingerprint density at radius 3 is 2.85 bits per heavy atom. The average molecular weight is 337 g/mol. The van der Waals surface area contributed by atoms with Crippen molar-refractivity contribution >= 4 is 21.6 Å². The van der Waals surface area contributed by atoms with Crippen LogP contribution < -0.4 is 10.2 Å². The molecule has 2 aliphatic rings. The van der Waals surface area contributed by atoms with Gasteiger partial charge >= 0.3 is 0 Å². The molecule has 1 saturated heterocycles. The first-order valence-electron chi connectivity index (χ1n) is 8.02. The first-order valence-corrected chi connectivity index (χ1v) is 8.82. The molecule has 1 aliphatic heterocycles. The van der Waals surface area contributed by atoms with E-state index in [-0.39, 0.29) is 0 Å². The molecule has 0 aromatic heterocycles. The standard InChI is InChI=1S/C17H25BrN2/c1-13-5-3-2-4-10-20(13)17-9-6-15(18)11-14(17)12-19-16-7-8-16/h6,9,11,13,16,19H,2-5,7-8,10,12H2,1H3. The summed E-state index contributed by atoms with van der Waals surface area (Å²) in [7, 11) is 0. The van der Waals surface area contributed by atoms with Gasteiger partial charge in [-0.05, 0) is 56.4 Å². The Kier molecular flexibility index (Phi) is 4.67. The van der Waals surface area contributed by atoms with Crippen molar-refractivity contribution in [2.45, 2.75) is 64.1 Å². The topological polar surface area (TPSA) is 15.3 Å². The lowest BCUT2D eigenvalue weighted by atomic mass is 10.1. The summed E-state index contributed by atoms with van der Waals surface area (Å²) in [6.45, 7) is 4.59. The lowest BCUT2D eigenvalue weighted by Gasteiger charge is -2.31. The Morgan fingerprint density at radius 1 is 1.20 bits per heavy atom. The summed E-state index contributed by atoms with van der Waals surface area (Å²) < 4.78 is 1.19. The van der Waals surface area contributed by atoms with Crippen molar-refractivity contribution in [3.05, 3.63) is 28.2 Å². The summed E-state index contributed by atoms with van der Waals surface area (Å²) >= 11 is 3.63. The van der Waals surface area contributed by atoms with Gasteiger partial charge in [-0.1, -0.05) is 28.8 Å². The van der Waals surface area contributed by atoms with E-state index < -0.39 is 0 Å². The SMILES string of the molecule is CC1CCCCCN1c1ccc(Br)cc1CNC1CC1. The largest absolute Gasteiger partial charge is 0.369 e. The molecule has 1 aliphatic carbocycles. The third-order valence-electron chi connectivity index (χ3n) is 4.56. The molecule has 110 valence electrons. The maximum absolute atomic E-state index is 3.66. The molecule has 1 unspecified atom stereocenters. The predicted molar refractivity (Wildman–Crippen MR) is 89.3 cm³/mol. The van der Waals surface area contributed by atoms with Gasteiger partial charge in [-0.2, -0.15) is 0 Å². The van der Waals surface area contributed by atoms with E-state index in [1.807, 2.05) is 0 Å². The smallest absolute Gasteiger partial charge is 0.0415 e. The van der Waals surface area contributed by atoms with Crippen LogP contribution in [0.3, 0.4) is 0 Å². The number of nitrogens with one attached hydrogen (secondary N) is 1. The van der Waals surface area contributed by atoms with Crippen molar-refractivity contribution in [3.8, 4) is 0 Å². The van der Waals surface area contributed by atoms with E-state index in [0.717, 1.165) is 12.6 Å². The van der Waals surface area contributed by atoms with Gasteiger partial charge in [-0.15, -0.1) is 0 Å². The Hall–Kier alpha value is -0.540. The van der Waals surface area contributed by atoms with Crippen LogP contribution in [0, 0.1) is 0 Å². The third kappa shape index (κ3) is 3.56. The molecule has 0 amide bonds. The summed E-state index contributed by atoms with van der Waals surface area (Å²) in [5.74, 6) is 0. The van der Waals surface area contributed by atoms with Crippen molar-refractivity contribution in [3.63, 3.8) is 0 Å². The lowest BCUT2D eigenvalue weighted by molar-refractivity contribution is 0.610. The normalized spacial score (nSPS) is 23.7. The number of rotatable bonds is 4. The van der Waals surface area contributed by atoms with E-state index >= 15 is 0 Å². The first-order chi connectivity index (χ1) is 9.74. The second-order valence-electron chi connectivity index (χ2n) is 6.32. The molecule has 0 bridgehead atoms. The zero-order valence-electron chi connectivity index (χ0n) is 12.4. The van der Waals surface area contributed by atoms with Crippen LogP contribution in [-0.2, 0) is 6.54 Å². The maximum atomic E-state index is 3.66. The third-order valence-corrected chi connectivity index (χ3v) is 5.06. The van der Waals surface area contributed by atoms with Crippen LogP contribution in [0.2, 0.25) is 0 Å². The van der Waals surface area contributed by atoms with Gasteiger partial charge in [0, 0.05) is 35.3 Å². The molecule has 3 heteroatoms. The van der Waals surface area contributed by atoms with Gasteiger partial charge in [0.05, 0.1) is 0 Å². The van der Waals surface area contributed by atoms with Gasteiger partial charge in [0.25, 0.3) is 0 Å². The molecule has 1 saturated carbocycles. The predicted octanol–water partition coefficient (Wildman–Crippen LogP) is 4.47. The zero-order chi connectivity index (χ0) is 13.9. The lowest BCUT2D eigenvalue weighted by Crippen LogP contribution is -2.33. The Labute approximate surface area is 131 Å². The second-order valence-corrected chi connectivity index (χ2v) is 7.24. The van der Waals surface area contributed by atoms with Crippen LogP contribution in [0.25, 0.3) is 0 Å². The molecule has 0 radical (unpaired) electrons. The van der Waals surface area contributed by atoms with E-state index in [2.05, 4.69) is 51.3 Å². The van der Waals surface area contributed by atoms with Crippen LogP contribution in [0.1, 0.15) is 51.0 Å². The Morgan fingerprint density at radius 2 is 2.05 bits per heavy atom. The van der Waals surface area contributed by atoms with Crippen LogP contribution in [0.5, 0.6) is 0 Å². The highest BCUT2D eigenvalue weighted by Gasteiger charge is 2.23. The maximum Gasteiger partial charge on any atom is 0.0415 e. The molecule has 1 heterocycles. The zero-order valence-corrected chi connectivity index (χ0v) is 14.0. The van der Waals surface area contributed by atoms with Crippen LogP contribution in [-0.4, -0.2) is 18.6 Å². The molecule has 2 fully saturated rings. The fourth-order valence-electron chi connectivity index (χ4n) is 3.15. The van der Waals surface area contributed by atoms with Gasteiger partial charge < -0.3 is 10.2 Å². The van der Waals surface area contributed by atoms with Crippen LogP contribution in [0.4, 0.5) is 5.69 Å². The second kappa shape index (κ2) is 6.48. The first kappa shape index (κ1) is 14.4. The molecular weight excluding hydrogens is 312 g/mol. The van der Waals surface area contributed by atoms with Crippen molar-refractivity contribution in [1.82, 2.24) is 5.32 Å². The molecule has 2 nitrogen and oxygen atoms in total. The quantitative estimate of drug-likeness (QED) is 0.872. The van der Waals surface area contributed by atoms with Crippen molar-refractivity contribution in [2.75, 3.05) is 11.4 Å². The summed E-state index contributed by atoms with van der Waals surface area (Å²) in [5.41, 5.74) is 2.88. The number of hydrogen-bond donors (Lipinski definition) is 1. The highest BCUT2D eigenvalue weighted by molar-refractivity contribution is 9.10. The minimum atomic E-state index is 0.665. The molecule has 1 aromatic carbocycles.